The highest BCUT2D eigenvalue weighted by molar-refractivity contribution is 6.32. The monoisotopic (exact) mass is 378 g/mol. The zero-order chi connectivity index (χ0) is 19.0. The second-order valence-electron chi connectivity index (χ2n) is 6.80. The Morgan fingerprint density at radius 3 is 2.77 bits per heavy atom. The summed E-state index contributed by atoms with van der Waals surface area (Å²) in [5, 5.41) is 16.5. The van der Waals surface area contributed by atoms with E-state index in [9.17, 15) is 19.7 Å². The van der Waals surface area contributed by atoms with Gasteiger partial charge in [-0.15, -0.1) is 0 Å². The van der Waals surface area contributed by atoms with Crippen LogP contribution in [0.25, 0.3) is 0 Å². The Morgan fingerprint density at radius 2 is 2.12 bits per heavy atom. The Balaban J connectivity index is 1.94. The summed E-state index contributed by atoms with van der Waals surface area (Å²) in [6.07, 6.45) is 0.852. The number of halogens is 1. The van der Waals surface area contributed by atoms with Crippen molar-refractivity contribution in [3.05, 3.63) is 50.2 Å². The number of urea groups is 1. The molecule has 138 valence electrons. The van der Waals surface area contributed by atoms with Crippen LogP contribution in [0.2, 0.25) is 5.02 Å². The SMILES string of the molecule is CC(C)CCN1CC2=C(C1=O)[C@@H](c1ccc(Cl)c([N+](=O)[O-])c1)NC(=O)N2. The van der Waals surface area contributed by atoms with Crippen molar-refractivity contribution in [2.24, 2.45) is 5.92 Å². The standard InChI is InChI=1S/C17H19ClN4O4/c1-9(2)5-6-21-8-12-14(16(21)23)15(20-17(24)19-12)10-3-4-11(18)13(7-10)22(25)26/h3-4,7,9,15H,5-6,8H2,1-2H3,(H2,19,20,24)/t15-/m1/s1. The normalized spacial score (nSPS) is 19.5. The number of hydrogen-bond acceptors (Lipinski definition) is 4. The number of benzene rings is 1. The molecule has 0 aliphatic carbocycles. The van der Waals surface area contributed by atoms with Crippen LogP contribution in [-0.4, -0.2) is 34.9 Å². The molecule has 1 aromatic rings. The molecule has 2 aliphatic heterocycles. The van der Waals surface area contributed by atoms with E-state index in [0.717, 1.165) is 6.42 Å². The maximum atomic E-state index is 12.8. The van der Waals surface area contributed by atoms with Crippen LogP contribution in [-0.2, 0) is 4.79 Å². The first-order valence-electron chi connectivity index (χ1n) is 8.31. The van der Waals surface area contributed by atoms with Crippen molar-refractivity contribution < 1.29 is 14.5 Å². The fourth-order valence-electron chi connectivity index (χ4n) is 3.12. The second-order valence-corrected chi connectivity index (χ2v) is 7.21. The van der Waals surface area contributed by atoms with E-state index in [1.807, 2.05) is 0 Å². The smallest absolute Gasteiger partial charge is 0.319 e. The highest BCUT2D eigenvalue weighted by Crippen LogP contribution is 2.35. The van der Waals surface area contributed by atoms with E-state index in [2.05, 4.69) is 24.5 Å². The van der Waals surface area contributed by atoms with Crippen LogP contribution in [0.3, 0.4) is 0 Å². The van der Waals surface area contributed by atoms with Crippen molar-refractivity contribution in [3.8, 4) is 0 Å². The molecule has 3 rings (SSSR count). The summed E-state index contributed by atoms with van der Waals surface area (Å²) >= 11 is 5.86. The number of nitrogens with zero attached hydrogens (tertiary/aromatic N) is 2. The van der Waals surface area contributed by atoms with Crippen LogP contribution in [0.15, 0.2) is 29.5 Å². The summed E-state index contributed by atoms with van der Waals surface area (Å²) in [4.78, 5) is 37.1. The van der Waals surface area contributed by atoms with Gasteiger partial charge in [0.25, 0.3) is 11.6 Å². The molecule has 0 radical (unpaired) electrons. The second kappa shape index (κ2) is 6.95. The van der Waals surface area contributed by atoms with Gasteiger partial charge in [0.1, 0.15) is 5.02 Å². The van der Waals surface area contributed by atoms with Gasteiger partial charge in [-0.3, -0.25) is 14.9 Å². The third-order valence-corrected chi connectivity index (χ3v) is 4.82. The lowest BCUT2D eigenvalue weighted by Gasteiger charge is -2.25. The van der Waals surface area contributed by atoms with E-state index in [1.54, 1.807) is 11.0 Å². The zero-order valence-corrected chi connectivity index (χ0v) is 15.2. The topological polar surface area (TPSA) is 105 Å². The summed E-state index contributed by atoms with van der Waals surface area (Å²) in [5.41, 5.74) is 1.15. The molecule has 2 heterocycles. The summed E-state index contributed by atoms with van der Waals surface area (Å²) in [5.74, 6) is 0.276. The van der Waals surface area contributed by atoms with Crippen LogP contribution in [0, 0.1) is 16.0 Å². The third-order valence-electron chi connectivity index (χ3n) is 4.50. The molecule has 0 saturated heterocycles. The van der Waals surface area contributed by atoms with E-state index < -0.39 is 17.0 Å². The molecule has 0 saturated carbocycles. The minimum atomic E-state index is -0.744. The van der Waals surface area contributed by atoms with Crippen molar-refractivity contribution in [2.45, 2.75) is 26.3 Å². The Hall–Kier alpha value is -2.61. The summed E-state index contributed by atoms with van der Waals surface area (Å²) < 4.78 is 0. The van der Waals surface area contributed by atoms with E-state index in [4.69, 9.17) is 11.6 Å². The molecule has 9 heteroatoms. The summed E-state index contributed by atoms with van der Waals surface area (Å²) in [7, 11) is 0. The first kappa shape index (κ1) is 18.2. The lowest BCUT2D eigenvalue weighted by atomic mass is 9.96. The minimum absolute atomic E-state index is 0.00419. The van der Waals surface area contributed by atoms with Crippen LogP contribution in [0.4, 0.5) is 10.5 Å². The molecule has 1 aromatic carbocycles. The highest BCUT2D eigenvalue weighted by Gasteiger charge is 2.40. The molecular weight excluding hydrogens is 360 g/mol. The van der Waals surface area contributed by atoms with Gasteiger partial charge in [-0.05, 0) is 24.0 Å². The van der Waals surface area contributed by atoms with Gasteiger partial charge in [0.2, 0.25) is 0 Å². The molecule has 8 nitrogen and oxygen atoms in total. The van der Waals surface area contributed by atoms with E-state index >= 15 is 0 Å². The van der Waals surface area contributed by atoms with E-state index in [-0.39, 0.29) is 16.6 Å². The van der Waals surface area contributed by atoms with Crippen LogP contribution in [0.1, 0.15) is 31.9 Å². The third kappa shape index (κ3) is 3.37. The van der Waals surface area contributed by atoms with Gasteiger partial charge in [0, 0.05) is 12.6 Å². The fraction of sp³-hybridized carbons (Fsp3) is 0.412. The van der Waals surface area contributed by atoms with Gasteiger partial charge >= 0.3 is 6.03 Å². The summed E-state index contributed by atoms with van der Waals surface area (Å²) in [6.45, 7) is 5.08. The van der Waals surface area contributed by atoms with Crippen molar-refractivity contribution in [2.75, 3.05) is 13.1 Å². The molecule has 0 spiro atoms. The number of nitro groups is 1. The number of hydrogen-bond donors (Lipinski definition) is 2. The molecule has 1 atom stereocenters. The number of nitro benzene ring substituents is 1. The number of amides is 3. The van der Waals surface area contributed by atoms with Gasteiger partial charge in [-0.25, -0.2) is 4.79 Å². The molecule has 2 aliphatic rings. The van der Waals surface area contributed by atoms with Crippen molar-refractivity contribution in [3.63, 3.8) is 0 Å². The van der Waals surface area contributed by atoms with Gasteiger partial charge in [0.05, 0.1) is 28.8 Å². The molecule has 0 aromatic heterocycles. The van der Waals surface area contributed by atoms with Crippen molar-refractivity contribution in [1.82, 2.24) is 15.5 Å². The number of nitrogens with one attached hydrogen (secondary N) is 2. The van der Waals surface area contributed by atoms with Crippen LogP contribution < -0.4 is 10.6 Å². The highest BCUT2D eigenvalue weighted by atomic mass is 35.5. The Kier molecular flexibility index (Phi) is 4.86. The minimum Gasteiger partial charge on any atom is -0.333 e. The predicted molar refractivity (Wildman–Crippen MR) is 95.6 cm³/mol. The molecule has 2 N–H and O–H groups in total. The largest absolute Gasteiger partial charge is 0.333 e. The quantitative estimate of drug-likeness (QED) is 0.607. The van der Waals surface area contributed by atoms with Gasteiger partial charge in [0.15, 0.2) is 0 Å². The van der Waals surface area contributed by atoms with Gasteiger partial charge in [-0.2, -0.15) is 0 Å². The first-order valence-corrected chi connectivity index (χ1v) is 8.69. The lowest BCUT2D eigenvalue weighted by Crippen LogP contribution is -2.44. The number of carbonyl (C=O) groups is 2. The van der Waals surface area contributed by atoms with Crippen molar-refractivity contribution in [1.29, 1.82) is 0 Å². The Labute approximate surface area is 155 Å². The van der Waals surface area contributed by atoms with Gasteiger partial charge in [-0.1, -0.05) is 31.5 Å². The lowest BCUT2D eigenvalue weighted by molar-refractivity contribution is -0.384. The molecule has 26 heavy (non-hydrogen) atoms. The summed E-state index contributed by atoms with van der Waals surface area (Å²) in [6, 6.07) is 3.10. The molecule has 0 fully saturated rings. The van der Waals surface area contributed by atoms with E-state index in [1.165, 1.54) is 12.1 Å². The molecule has 3 amide bonds. The average Bonchev–Trinajstić information content (AvgIpc) is 2.88. The number of rotatable bonds is 5. The number of carbonyl (C=O) groups excluding carboxylic acids is 2. The van der Waals surface area contributed by atoms with Gasteiger partial charge < -0.3 is 15.5 Å². The molecule has 0 bridgehead atoms. The molecule has 0 unspecified atom stereocenters. The maximum Gasteiger partial charge on any atom is 0.319 e. The van der Waals surface area contributed by atoms with Crippen molar-refractivity contribution >= 4 is 29.2 Å². The van der Waals surface area contributed by atoms with Crippen LogP contribution >= 0.6 is 11.6 Å². The average molecular weight is 379 g/mol. The van der Waals surface area contributed by atoms with E-state index in [0.29, 0.717) is 35.8 Å². The maximum absolute atomic E-state index is 12.8. The first-order chi connectivity index (χ1) is 12.3. The zero-order valence-electron chi connectivity index (χ0n) is 14.4. The fourth-order valence-corrected chi connectivity index (χ4v) is 3.31. The molecular formula is C17H19ClN4O4. The predicted octanol–water partition coefficient (Wildman–Crippen LogP) is 2.74. The Bertz CT molecular complexity index is 821. The van der Waals surface area contributed by atoms with Crippen LogP contribution in [0.5, 0.6) is 0 Å². The Morgan fingerprint density at radius 1 is 1.38 bits per heavy atom.